The summed E-state index contributed by atoms with van der Waals surface area (Å²) in [5, 5.41) is 5.17. The molecule has 0 spiro atoms. The van der Waals surface area contributed by atoms with Crippen LogP contribution in [0.3, 0.4) is 0 Å². The smallest absolute Gasteiger partial charge is 0.152 e. The molecule has 2 aromatic rings. The SMILES string of the molecule is CNC(c1cc2cccc(Cl)c2o1)C1CCSC1. The highest BCUT2D eigenvalue weighted by Gasteiger charge is 2.28. The topological polar surface area (TPSA) is 25.2 Å². The molecule has 1 fully saturated rings. The summed E-state index contributed by atoms with van der Waals surface area (Å²) in [5.74, 6) is 4.12. The second-order valence-electron chi connectivity index (χ2n) is 4.70. The van der Waals surface area contributed by atoms with Gasteiger partial charge in [-0.2, -0.15) is 11.8 Å². The third-order valence-corrected chi connectivity index (χ3v) is 5.05. The van der Waals surface area contributed by atoms with E-state index in [0.29, 0.717) is 17.0 Å². The number of rotatable bonds is 3. The van der Waals surface area contributed by atoms with Crippen molar-refractivity contribution in [3.8, 4) is 0 Å². The minimum atomic E-state index is 0.295. The Labute approximate surface area is 116 Å². The zero-order valence-corrected chi connectivity index (χ0v) is 11.9. The Morgan fingerprint density at radius 1 is 1.50 bits per heavy atom. The fraction of sp³-hybridized carbons (Fsp3) is 0.429. The Bertz CT molecular complexity index is 548. The summed E-state index contributed by atoms with van der Waals surface area (Å²) >= 11 is 8.18. The summed E-state index contributed by atoms with van der Waals surface area (Å²) in [5.41, 5.74) is 0.806. The van der Waals surface area contributed by atoms with Gasteiger partial charge in [-0.15, -0.1) is 0 Å². The van der Waals surface area contributed by atoms with E-state index in [1.54, 1.807) is 0 Å². The molecule has 0 saturated carbocycles. The molecule has 2 nitrogen and oxygen atoms in total. The summed E-state index contributed by atoms with van der Waals surface area (Å²) in [6.45, 7) is 0. The van der Waals surface area contributed by atoms with E-state index in [1.165, 1.54) is 17.9 Å². The zero-order chi connectivity index (χ0) is 12.5. The summed E-state index contributed by atoms with van der Waals surface area (Å²) in [6, 6.07) is 8.29. The Morgan fingerprint density at radius 3 is 3.06 bits per heavy atom. The van der Waals surface area contributed by atoms with Crippen LogP contribution in [0.15, 0.2) is 28.7 Å². The molecule has 2 atom stereocenters. The molecule has 18 heavy (non-hydrogen) atoms. The molecule has 96 valence electrons. The highest BCUT2D eigenvalue weighted by molar-refractivity contribution is 7.99. The van der Waals surface area contributed by atoms with Gasteiger partial charge in [-0.1, -0.05) is 23.7 Å². The van der Waals surface area contributed by atoms with Crippen molar-refractivity contribution < 1.29 is 4.42 Å². The lowest BCUT2D eigenvalue weighted by Crippen LogP contribution is -2.24. The standard InChI is InChI=1S/C14H16ClNOS/c1-16-13(10-5-6-18-8-10)12-7-9-3-2-4-11(15)14(9)17-12/h2-4,7,10,13,16H,5-6,8H2,1H3. The molecule has 0 amide bonds. The minimum absolute atomic E-state index is 0.295. The van der Waals surface area contributed by atoms with Gasteiger partial charge in [0.15, 0.2) is 5.58 Å². The Morgan fingerprint density at radius 2 is 2.39 bits per heavy atom. The van der Waals surface area contributed by atoms with Crippen LogP contribution in [0.1, 0.15) is 18.2 Å². The number of para-hydroxylation sites is 1. The van der Waals surface area contributed by atoms with Crippen LogP contribution in [0, 0.1) is 5.92 Å². The molecule has 4 heteroatoms. The number of nitrogens with one attached hydrogen (secondary N) is 1. The molecule has 3 rings (SSSR count). The second-order valence-corrected chi connectivity index (χ2v) is 6.25. The monoisotopic (exact) mass is 281 g/mol. The van der Waals surface area contributed by atoms with Gasteiger partial charge in [0.2, 0.25) is 0 Å². The average molecular weight is 282 g/mol. The van der Waals surface area contributed by atoms with E-state index in [4.69, 9.17) is 16.0 Å². The maximum absolute atomic E-state index is 6.16. The van der Waals surface area contributed by atoms with Crippen molar-refractivity contribution in [1.82, 2.24) is 5.32 Å². The van der Waals surface area contributed by atoms with Crippen LogP contribution in [0.2, 0.25) is 5.02 Å². The van der Waals surface area contributed by atoms with E-state index in [1.807, 2.05) is 37.0 Å². The predicted octanol–water partition coefficient (Wildman–Crippen LogP) is 4.10. The lowest BCUT2D eigenvalue weighted by Gasteiger charge is -2.19. The van der Waals surface area contributed by atoms with Crippen molar-refractivity contribution in [2.45, 2.75) is 12.5 Å². The number of thioether (sulfide) groups is 1. The third-order valence-electron chi connectivity index (χ3n) is 3.57. The number of hydrogen-bond donors (Lipinski definition) is 1. The van der Waals surface area contributed by atoms with E-state index in [9.17, 15) is 0 Å². The predicted molar refractivity (Wildman–Crippen MR) is 78.5 cm³/mol. The van der Waals surface area contributed by atoms with Gasteiger partial charge in [-0.05, 0) is 43.0 Å². The van der Waals surface area contributed by atoms with Crippen molar-refractivity contribution in [3.63, 3.8) is 0 Å². The summed E-state index contributed by atoms with van der Waals surface area (Å²) < 4.78 is 5.96. The first kappa shape index (κ1) is 12.4. The highest BCUT2D eigenvalue weighted by atomic mass is 35.5. The Hall–Kier alpha value is -0.640. The van der Waals surface area contributed by atoms with Crippen molar-refractivity contribution in [1.29, 1.82) is 0 Å². The summed E-state index contributed by atoms with van der Waals surface area (Å²) in [4.78, 5) is 0. The van der Waals surface area contributed by atoms with Crippen molar-refractivity contribution in [2.24, 2.45) is 5.92 Å². The van der Waals surface area contributed by atoms with Gasteiger partial charge < -0.3 is 9.73 Å². The first-order valence-electron chi connectivity index (χ1n) is 6.22. The zero-order valence-electron chi connectivity index (χ0n) is 10.3. The van der Waals surface area contributed by atoms with Gasteiger partial charge in [0.05, 0.1) is 11.1 Å². The van der Waals surface area contributed by atoms with E-state index < -0.39 is 0 Å². The fourth-order valence-corrected chi connectivity index (χ4v) is 4.14. The summed E-state index contributed by atoms with van der Waals surface area (Å²) in [6.07, 6.45) is 1.25. The lowest BCUT2D eigenvalue weighted by atomic mass is 9.97. The molecule has 0 bridgehead atoms. The van der Waals surface area contributed by atoms with E-state index >= 15 is 0 Å². The lowest BCUT2D eigenvalue weighted by molar-refractivity contribution is 0.357. The number of halogens is 1. The minimum Gasteiger partial charge on any atom is -0.458 e. The second kappa shape index (κ2) is 5.16. The number of hydrogen-bond acceptors (Lipinski definition) is 3. The maximum Gasteiger partial charge on any atom is 0.152 e. The van der Waals surface area contributed by atoms with Crippen LogP contribution in [0.5, 0.6) is 0 Å². The molecule has 1 aromatic heterocycles. The fourth-order valence-electron chi connectivity index (χ4n) is 2.63. The molecule has 2 unspecified atom stereocenters. The Kier molecular flexibility index (Phi) is 3.55. The van der Waals surface area contributed by atoms with Gasteiger partial charge in [-0.3, -0.25) is 0 Å². The normalized spacial score (nSPS) is 21.6. The van der Waals surface area contributed by atoms with Gasteiger partial charge in [0, 0.05) is 5.39 Å². The molecular weight excluding hydrogens is 266 g/mol. The van der Waals surface area contributed by atoms with Gasteiger partial charge in [0.25, 0.3) is 0 Å². The molecule has 1 aromatic carbocycles. The summed E-state index contributed by atoms with van der Waals surface area (Å²) in [7, 11) is 2.00. The molecule has 1 saturated heterocycles. The molecule has 2 heterocycles. The van der Waals surface area contributed by atoms with Gasteiger partial charge in [0.1, 0.15) is 5.76 Å². The first-order chi connectivity index (χ1) is 8.79. The van der Waals surface area contributed by atoms with Crippen molar-refractivity contribution in [3.05, 3.63) is 35.0 Å². The molecule has 1 N–H and O–H groups in total. The van der Waals surface area contributed by atoms with Crippen molar-refractivity contribution >= 4 is 34.3 Å². The van der Waals surface area contributed by atoms with E-state index in [-0.39, 0.29) is 0 Å². The number of benzene rings is 1. The van der Waals surface area contributed by atoms with Crippen LogP contribution in [0.4, 0.5) is 0 Å². The highest BCUT2D eigenvalue weighted by Crippen LogP contribution is 2.37. The largest absolute Gasteiger partial charge is 0.458 e. The number of furan rings is 1. The quantitative estimate of drug-likeness (QED) is 0.917. The third kappa shape index (κ3) is 2.15. The molecule has 1 aliphatic heterocycles. The van der Waals surface area contributed by atoms with E-state index in [2.05, 4.69) is 11.4 Å². The number of fused-ring (bicyclic) bond motifs is 1. The van der Waals surface area contributed by atoms with Crippen LogP contribution in [-0.4, -0.2) is 18.6 Å². The average Bonchev–Trinajstić information content (AvgIpc) is 3.00. The van der Waals surface area contributed by atoms with Crippen LogP contribution in [0.25, 0.3) is 11.0 Å². The van der Waals surface area contributed by atoms with Crippen LogP contribution >= 0.6 is 23.4 Å². The van der Waals surface area contributed by atoms with E-state index in [0.717, 1.165) is 16.7 Å². The molecule has 0 radical (unpaired) electrons. The molecule has 1 aliphatic rings. The van der Waals surface area contributed by atoms with Crippen LogP contribution < -0.4 is 5.32 Å². The van der Waals surface area contributed by atoms with Crippen LogP contribution in [-0.2, 0) is 0 Å². The molecular formula is C14H16ClNOS. The Balaban J connectivity index is 1.99. The maximum atomic E-state index is 6.16. The van der Waals surface area contributed by atoms with Gasteiger partial charge in [-0.25, -0.2) is 0 Å². The van der Waals surface area contributed by atoms with Crippen molar-refractivity contribution in [2.75, 3.05) is 18.6 Å². The first-order valence-corrected chi connectivity index (χ1v) is 7.76. The molecule has 0 aliphatic carbocycles. The van der Waals surface area contributed by atoms with Gasteiger partial charge >= 0.3 is 0 Å².